The third-order valence-corrected chi connectivity index (χ3v) is 5.15. The van der Waals surface area contributed by atoms with Crippen LogP contribution in [0.2, 0.25) is 0 Å². The molecule has 0 bridgehead atoms. The Morgan fingerprint density at radius 1 is 1.20 bits per heavy atom. The molecular formula is C24H22BrN3O2. The largest absolute Gasteiger partial charge is 0.494 e. The third-order valence-electron chi connectivity index (χ3n) is 4.62. The average Bonchev–Trinajstić information content (AvgIpc) is 3.00. The Labute approximate surface area is 184 Å². The second-order valence-electron chi connectivity index (χ2n) is 6.72. The molecule has 0 unspecified atom stereocenters. The number of benzene rings is 2. The maximum atomic E-state index is 12.7. The molecular weight excluding hydrogens is 442 g/mol. The normalized spacial score (nSPS) is 11.1. The summed E-state index contributed by atoms with van der Waals surface area (Å²) in [6.45, 7) is 6.40. The highest BCUT2D eigenvalue weighted by Crippen LogP contribution is 2.24. The molecule has 0 aliphatic heterocycles. The summed E-state index contributed by atoms with van der Waals surface area (Å²) in [6, 6.07) is 19.1. The molecule has 30 heavy (non-hydrogen) atoms. The van der Waals surface area contributed by atoms with Crippen molar-refractivity contribution in [3.05, 3.63) is 81.6 Å². The van der Waals surface area contributed by atoms with Gasteiger partial charge in [0.1, 0.15) is 17.4 Å². The lowest BCUT2D eigenvalue weighted by atomic mass is 10.1. The number of aryl methyl sites for hydroxylation is 1. The van der Waals surface area contributed by atoms with Crippen molar-refractivity contribution in [2.24, 2.45) is 0 Å². The van der Waals surface area contributed by atoms with Gasteiger partial charge in [0.05, 0.1) is 6.61 Å². The molecule has 3 aromatic rings. The van der Waals surface area contributed by atoms with Crippen molar-refractivity contribution in [1.29, 1.82) is 5.26 Å². The number of rotatable bonds is 6. The first-order chi connectivity index (χ1) is 14.4. The Hall–Kier alpha value is -3.30. The number of halogens is 1. The highest BCUT2D eigenvalue weighted by atomic mass is 79.9. The predicted octanol–water partition coefficient (Wildman–Crippen LogP) is 5.80. The van der Waals surface area contributed by atoms with Crippen molar-refractivity contribution in [2.45, 2.75) is 20.8 Å². The summed E-state index contributed by atoms with van der Waals surface area (Å²) in [4.78, 5) is 12.7. The van der Waals surface area contributed by atoms with E-state index in [9.17, 15) is 10.1 Å². The van der Waals surface area contributed by atoms with E-state index in [0.717, 1.165) is 27.1 Å². The number of carbonyl (C=O) groups excluding carboxylic acids is 1. The van der Waals surface area contributed by atoms with E-state index in [4.69, 9.17) is 4.74 Å². The molecule has 0 aliphatic rings. The van der Waals surface area contributed by atoms with Gasteiger partial charge in [0, 0.05) is 33.3 Å². The zero-order valence-electron chi connectivity index (χ0n) is 17.1. The van der Waals surface area contributed by atoms with Crippen molar-refractivity contribution in [3.63, 3.8) is 0 Å². The molecule has 2 aromatic carbocycles. The van der Waals surface area contributed by atoms with Crippen LogP contribution < -0.4 is 10.1 Å². The van der Waals surface area contributed by atoms with Crippen LogP contribution in [0.5, 0.6) is 5.75 Å². The van der Waals surface area contributed by atoms with E-state index in [1.165, 1.54) is 0 Å². The minimum Gasteiger partial charge on any atom is -0.494 e. The van der Waals surface area contributed by atoms with Gasteiger partial charge in [-0.3, -0.25) is 4.79 Å². The Bertz CT molecular complexity index is 1140. The van der Waals surface area contributed by atoms with E-state index in [2.05, 4.69) is 25.8 Å². The molecule has 0 aliphatic carbocycles. The molecule has 1 heterocycles. The molecule has 1 aromatic heterocycles. The summed E-state index contributed by atoms with van der Waals surface area (Å²) in [6.07, 6.45) is 1.62. The van der Waals surface area contributed by atoms with E-state index in [0.29, 0.717) is 18.0 Å². The van der Waals surface area contributed by atoms with Crippen LogP contribution in [0.25, 0.3) is 11.8 Å². The van der Waals surface area contributed by atoms with E-state index in [1.54, 1.807) is 24.3 Å². The zero-order valence-corrected chi connectivity index (χ0v) is 18.7. The number of amides is 1. The SMILES string of the molecule is CCOc1cccc(NC(=O)/C(C#N)=C\c2cc(C)n(-c3ccc(Br)cc3)c2C)c1. The second kappa shape index (κ2) is 9.47. The average molecular weight is 464 g/mol. The molecule has 1 amide bonds. The number of nitrogens with zero attached hydrogens (tertiary/aromatic N) is 2. The molecule has 6 heteroatoms. The van der Waals surface area contributed by atoms with Gasteiger partial charge in [0.15, 0.2) is 0 Å². The summed E-state index contributed by atoms with van der Waals surface area (Å²) in [5, 5.41) is 12.3. The van der Waals surface area contributed by atoms with Gasteiger partial charge in [-0.25, -0.2) is 0 Å². The van der Waals surface area contributed by atoms with Crippen molar-refractivity contribution in [1.82, 2.24) is 4.57 Å². The molecule has 5 nitrogen and oxygen atoms in total. The second-order valence-corrected chi connectivity index (χ2v) is 7.64. The lowest BCUT2D eigenvalue weighted by Crippen LogP contribution is -2.13. The first-order valence-corrected chi connectivity index (χ1v) is 10.3. The summed E-state index contributed by atoms with van der Waals surface area (Å²) < 4.78 is 8.55. The number of hydrogen-bond acceptors (Lipinski definition) is 3. The molecule has 0 fully saturated rings. The van der Waals surface area contributed by atoms with Crippen LogP contribution >= 0.6 is 15.9 Å². The van der Waals surface area contributed by atoms with Crippen LogP contribution in [0.15, 0.2) is 64.6 Å². The molecule has 0 saturated carbocycles. The van der Waals surface area contributed by atoms with Crippen molar-refractivity contribution >= 4 is 33.6 Å². The van der Waals surface area contributed by atoms with Crippen molar-refractivity contribution < 1.29 is 9.53 Å². The van der Waals surface area contributed by atoms with E-state index in [1.807, 2.05) is 63.2 Å². The first-order valence-electron chi connectivity index (χ1n) is 9.53. The zero-order chi connectivity index (χ0) is 21.7. The fourth-order valence-corrected chi connectivity index (χ4v) is 3.52. The number of anilines is 1. The molecule has 152 valence electrons. The van der Waals surface area contributed by atoms with Crippen molar-refractivity contribution in [2.75, 3.05) is 11.9 Å². The van der Waals surface area contributed by atoms with Crippen LogP contribution in [-0.4, -0.2) is 17.1 Å². The lowest BCUT2D eigenvalue weighted by Gasteiger charge is -2.10. The predicted molar refractivity (Wildman–Crippen MR) is 123 cm³/mol. The van der Waals surface area contributed by atoms with Crippen LogP contribution in [0.3, 0.4) is 0 Å². The third kappa shape index (κ3) is 4.81. The Balaban J connectivity index is 1.88. The van der Waals surface area contributed by atoms with Crippen LogP contribution in [0, 0.1) is 25.2 Å². The molecule has 0 atom stereocenters. The molecule has 0 saturated heterocycles. The van der Waals surface area contributed by atoms with Gasteiger partial charge in [0.25, 0.3) is 5.91 Å². The summed E-state index contributed by atoms with van der Waals surface area (Å²) in [5.74, 6) is 0.204. The Kier molecular flexibility index (Phi) is 6.76. The van der Waals surface area contributed by atoms with Crippen LogP contribution in [0.4, 0.5) is 5.69 Å². The number of aromatic nitrogens is 1. The molecule has 0 spiro atoms. The number of ether oxygens (including phenoxy) is 1. The van der Waals surface area contributed by atoms with Gasteiger partial charge < -0.3 is 14.6 Å². The minimum atomic E-state index is -0.459. The minimum absolute atomic E-state index is 0.0351. The number of carbonyl (C=O) groups is 1. The summed E-state index contributed by atoms with van der Waals surface area (Å²) >= 11 is 3.45. The molecule has 1 N–H and O–H groups in total. The monoisotopic (exact) mass is 463 g/mol. The van der Waals surface area contributed by atoms with Crippen molar-refractivity contribution in [3.8, 4) is 17.5 Å². The van der Waals surface area contributed by atoms with Gasteiger partial charge in [0.2, 0.25) is 0 Å². The van der Waals surface area contributed by atoms with Crippen LogP contribution in [-0.2, 0) is 4.79 Å². The Morgan fingerprint density at radius 2 is 1.93 bits per heavy atom. The lowest BCUT2D eigenvalue weighted by molar-refractivity contribution is -0.112. The number of hydrogen-bond donors (Lipinski definition) is 1. The van der Waals surface area contributed by atoms with Gasteiger partial charge in [-0.2, -0.15) is 5.26 Å². The molecule has 3 rings (SSSR count). The highest BCUT2D eigenvalue weighted by molar-refractivity contribution is 9.10. The van der Waals surface area contributed by atoms with Gasteiger partial charge >= 0.3 is 0 Å². The van der Waals surface area contributed by atoms with Gasteiger partial charge in [-0.05, 0) is 74.9 Å². The standard InChI is InChI=1S/C24H22BrN3O2/c1-4-30-23-7-5-6-21(14-23)27-24(29)19(15-26)13-18-12-16(2)28(17(18)3)22-10-8-20(25)9-11-22/h5-14H,4H2,1-3H3,(H,27,29)/b19-13-. The maximum Gasteiger partial charge on any atom is 0.266 e. The Morgan fingerprint density at radius 3 is 2.60 bits per heavy atom. The van der Waals surface area contributed by atoms with E-state index >= 15 is 0 Å². The van der Waals surface area contributed by atoms with Crippen LogP contribution in [0.1, 0.15) is 23.9 Å². The summed E-state index contributed by atoms with van der Waals surface area (Å²) in [5.41, 5.74) is 4.42. The topological polar surface area (TPSA) is 67.0 Å². The quantitative estimate of drug-likeness (QED) is 0.370. The van der Waals surface area contributed by atoms with Gasteiger partial charge in [-0.15, -0.1) is 0 Å². The highest BCUT2D eigenvalue weighted by Gasteiger charge is 2.14. The smallest absolute Gasteiger partial charge is 0.266 e. The van der Waals surface area contributed by atoms with Gasteiger partial charge in [-0.1, -0.05) is 22.0 Å². The number of nitrogens with one attached hydrogen (secondary N) is 1. The number of nitriles is 1. The van der Waals surface area contributed by atoms with E-state index < -0.39 is 5.91 Å². The first kappa shape index (κ1) is 21.4. The fourth-order valence-electron chi connectivity index (χ4n) is 3.25. The summed E-state index contributed by atoms with van der Waals surface area (Å²) in [7, 11) is 0. The van der Waals surface area contributed by atoms with E-state index in [-0.39, 0.29) is 5.57 Å². The fraction of sp³-hybridized carbons (Fsp3) is 0.167. The maximum absolute atomic E-state index is 12.7. The molecule has 0 radical (unpaired) electrons.